The second-order valence-electron chi connectivity index (χ2n) is 4.80. The Morgan fingerprint density at radius 2 is 1.80 bits per heavy atom. The molecule has 7 heteroatoms. The molecule has 5 nitrogen and oxygen atoms in total. The summed E-state index contributed by atoms with van der Waals surface area (Å²) >= 11 is 5.83. The third-order valence-electron chi connectivity index (χ3n) is 2.84. The number of nitrogens with one attached hydrogen (secondary N) is 2. The zero-order valence-electron chi connectivity index (χ0n) is 11.7. The molecule has 1 rings (SSSR count). The average molecular weight is 319 g/mol. The number of benzene rings is 1. The van der Waals surface area contributed by atoms with Gasteiger partial charge < -0.3 is 5.32 Å². The van der Waals surface area contributed by atoms with E-state index in [-0.39, 0.29) is 12.0 Å². The molecular formula is C13H19ClN2O3S. The van der Waals surface area contributed by atoms with Crippen LogP contribution < -0.4 is 10.0 Å². The Labute approximate surface area is 124 Å². The first-order valence-electron chi connectivity index (χ1n) is 6.21. The van der Waals surface area contributed by atoms with Gasteiger partial charge in [0.2, 0.25) is 15.9 Å². The van der Waals surface area contributed by atoms with Crippen molar-refractivity contribution in [1.82, 2.24) is 10.0 Å². The minimum atomic E-state index is -3.56. The lowest BCUT2D eigenvalue weighted by Gasteiger charge is -2.23. The standard InChI is InChI=1S/C13H19ClN2O3S/c1-9(2)13(10-4-6-11(14)7-5-10)16-12(17)8-20(18,19)15-3/h4-7,9,13,15H,8H2,1-3H3,(H,16,17)/t13-/m0/s1. The number of halogens is 1. The van der Waals surface area contributed by atoms with Crippen molar-refractivity contribution in [2.45, 2.75) is 19.9 Å². The molecule has 1 atom stereocenters. The Morgan fingerprint density at radius 1 is 1.25 bits per heavy atom. The first-order chi connectivity index (χ1) is 9.25. The fraction of sp³-hybridized carbons (Fsp3) is 0.462. The summed E-state index contributed by atoms with van der Waals surface area (Å²) in [6, 6.07) is 6.86. The molecule has 0 radical (unpaired) electrons. The second kappa shape index (κ2) is 7.06. The molecule has 0 bridgehead atoms. The van der Waals surface area contributed by atoms with Crippen LogP contribution >= 0.6 is 11.6 Å². The number of hydrogen-bond acceptors (Lipinski definition) is 3. The van der Waals surface area contributed by atoms with E-state index < -0.39 is 21.7 Å². The third kappa shape index (κ3) is 5.11. The lowest BCUT2D eigenvalue weighted by atomic mass is 9.96. The maximum absolute atomic E-state index is 11.8. The van der Waals surface area contributed by atoms with Crippen LogP contribution in [0.3, 0.4) is 0 Å². The van der Waals surface area contributed by atoms with E-state index in [1.165, 1.54) is 7.05 Å². The third-order valence-corrected chi connectivity index (χ3v) is 4.36. The van der Waals surface area contributed by atoms with Gasteiger partial charge in [-0.25, -0.2) is 13.1 Å². The molecule has 1 amide bonds. The molecule has 0 saturated carbocycles. The van der Waals surface area contributed by atoms with Crippen molar-refractivity contribution in [3.63, 3.8) is 0 Å². The van der Waals surface area contributed by atoms with E-state index in [1.54, 1.807) is 12.1 Å². The van der Waals surface area contributed by atoms with Gasteiger partial charge in [0.1, 0.15) is 5.75 Å². The largest absolute Gasteiger partial charge is 0.348 e. The number of hydrogen-bond donors (Lipinski definition) is 2. The normalized spacial score (nSPS) is 13.2. The molecule has 0 heterocycles. The highest BCUT2D eigenvalue weighted by Gasteiger charge is 2.21. The summed E-state index contributed by atoms with van der Waals surface area (Å²) in [5, 5.41) is 3.35. The first-order valence-corrected chi connectivity index (χ1v) is 8.24. The molecule has 2 N–H and O–H groups in total. The van der Waals surface area contributed by atoms with Crippen molar-refractivity contribution in [3.05, 3.63) is 34.9 Å². The topological polar surface area (TPSA) is 75.3 Å². The van der Waals surface area contributed by atoms with Crippen LogP contribution in [-0.4, -0.2) is 27.1 Å². The summed E-state index contributed by atoms with van der Waals surface area (Å²) < 4.78 is 24.8. The number of carbonyl (C=O) groups excluding carboxylic acids is 1. The molecule has 0 saturated heterocycles. The van der Waals surface area contributed by atoms with Crippen LogP contribution in [0.4, 0.5) is 0 Å². The number of rotatable bonds is 6. The van der Waals surface area contributed by atoms with Crippen molar-refractivity contribution < 1.29 is 13.2 Å². The highest BCUT2D eigenvalue weighted by molar-refractivity contribution is 7.90. The first kappa shape index (κ1) is 16.9. The van der Waals surface area contributed by atoms with Crippen LogP contribution in [-0.2, 0) is 14.8 Å². The fourth-order valence-corrected chi connectivity index (χ4v) is 2.46. The Hall–Kier alpha value is -1.11. The number of amides is 1. The minimum Gasteiger partial charge on any atom is -0.348 e. The zero-order valence-corrected chi connectivity index (χ0v) is 13.3. The predicted molar refractivity (Wildman–Crippen MR) is 80.0 cm³/mol. The van der Waals surface area contributed by atoms with E-state index in [2.05, 4.69) is 10.0 Å². The molecule has 1 aromatic rings. The van der Waals surface area contributed by atoms with Crippen molar-refractivity contribution >= 4 is 27.5 Å². The number of sulfonamides is 1. The lowest BCUT2D eigenvalue weighted by Crippen LogP contribution is -2.38. The highest BCUT2D eigenvalue weighted by Crippen LogP contribution is 2.23. The summed E-state index contributed by atoms with van der Waals surface area (Å²) in [4.78, 5) is 11.8. The van der Waals surface area contributed by atoms with Gasteiger partial charge in [0.15, 0.2) is 0 Å². The molecule has 0 aliphatic heterocycles. The van der Waals surface area contributed by atoms with Gasteiger partial charge in [0, 0.05) is 5.02 Å². The summed E-state index contributed by atoms with van der Waals surface area (Å²) in [5.74, 6) is -0.995. The summed E-state index contributed by atoms with van der Waals surface area (Å²) in [6.07, 6.45) is 0. The minimum absolute atomic E-state index is 0.123. The van der Waals surface area contributed by atoms with Crippen molar-refractivity contribution in [2.24, 2.45) is 5.92 Å². The van der Waals surface area contributed by atoms with Gasteiger partial charge in [0.25, 0.3) is 0 Å². The van der Waals surface area contributed by atoms with Crippen molar-refractivity contribution in [2.75, 3.05) is 12.8 Å². The van der Waals surface area contributed by atoms with Crippen molar-refractivity contribution in [1.29, 1.82) is 0 Å². The molecule has 0 unspecified atom stereocenters. The Bertz CT molecular complexity index is 555. The van der Waals surface area contributed by atoms with Crippen molar-refractivity contribution in [3.8, 4) is 0 Å². The summed E-state index contributed by atoms with van der Waals surface area (Å²) in [5.41, 5.74) is 0.889. The van der Waals surface area contributed by atoms with E-state index in [0.717, 1.165) is 5.56 Å². The van der Waals surface area contributed by atoms with Gasteiger partial charge in [-0.2, -0.15) is 0 Å². The van der Waals surface area contributed by atoms with Gasteiger partial charge in [-0.3, -0.25) is 4.79 Å². The highest BCUT2D eigenvalue weighted by atomic mass is 35.5. The molecule has 1 aromatic carbocycles. The van der Waals surface area contributed by atoms with E-state index in [9.17, 15) is 13.2 Å². The van der Waals surface area contributed by atoms with Gasteiger partial charge in [-0.15, -0.1) is 0 Å². The number of carbonyl (C=O) groups is 1. The van der Waals surface area contributed by atoms with Gasteiger partial charge in [0.05, 0.1) is 6.04 Å². The van der Waals surface area contributed by atoms with E-state index in [1.807, 2.05) is 26.0 Å². The van der Waals surface area contributed by atoms with Crippen LogP contribution in [0.1, 0.15) is 25.5 Å². The SMILES string of the molecule is CNS(=O)(=O)CC(=O)N[C@H](c1ccc(Cl)cc1)C(C)C. The molecule has 0 aliphatic carbocycles. The van der Waals surface area contributed by atoms with E-state index >= 15 is 0 Å². The molecule has 0 aliphatic rings. The lowest BCUT2D eigenvalue weighted by molar-refractivity contribution is -0.119. The maximum Gasteiger partial charge on any atom is 0.237 e. The fourth-order valence-electron chi connectivity index (χ4n) is 1.76. The van der Waals surface area contributed by atoms with Crippen LogP contribution in [0, 0.1) is 5.92 Å². The van der Waals surface area contributed by atoms with Gasteiger partial charge >= 0.3 is 0 Å². The molecule has 20 heavy (non-hydrogen) atoms. The van der Waals surface area contributed by atoms with E-state index in [4.69, 9.17) is 11.6 Å². The molecule has 0 fully saturated rings. The zero-order chi connectivity index (χ0) is 15.3. The quantitative estimate of drug-likeness (QED) is 0.838. The maximum atomic E-state index is 11.8. The summed E-state index contributed by atoms with van der Waals surface area (Å²) in [7, 11) is -2.28. The van der Waals surface area contributed by atoms with Crippen LogP contribution in [0.5, 0.6) is 0 Å². The van der Waals surface area contributed by atoms with Gasteiger partial charge in [-0.05, 0) is 30.7 Å². The molecule has 0 spiro atoms. The molecular weight excluding hydrogens is 300 g/mol. The molecule has 0 aromatic heterocycles. The monoisotopic (exact) mass is 318 g/mol. The Balaban J connectivity index is 2.83. The summed E-state index contributed by atoms with van der Waals surface area (Å²) in [6.45, 7) is 3.90. The van der Waals surface area contributed by atoms with Crippen LogP contribution in [0.2, 0.25) is 5.02 Å². The molecule has 112 valence electrons. The van der Waals surface area contributed by atoms with Gasteiger partial charge in [-0.1, -0.05) is 37.6 Å². The van der Waals surface area contributed by atoms with Crippen LogP contribution in [0.25, 0.3) is 0 Å². The van der Waals surface area contributed by atoms with E-state index in [0.29, 0.717) is 5.02 Å². The Morgan fingerprint density at radius 3 is 2.25 bits per heavy atom. The Kier molecular flexibility index (Phi) is 5.98. The average Bonchev–Trinajstić information content (AvgIpc) is 2.36. The predicted octanol–water partition coefficient (Wildman–Crippen LogP) is 1.70. The second-order valence-corrected chi connectivity index (χ2v) is 7.17. The smallest absolute Gasteiger partial charge is 0.237 e. The van der Waals surface area contributed by atoms with Crippen LogP contribution in [0.15, 0.2) is 24.3 Å².